The van der Waals surface area contributed by atoms with Gasteiger partial charge in [0.05, 0.1) is 8.07 Å². The maximum Gasteiger partial charge on any atom is 0.131 e. The van der Waals surface area contributed by atoms with E-state index in [4.69, 9.17) is 9.47 Å². The molecule has 0 aromatic heterocycles. The van der Waals surface area contributed by atoms with Crippen LogP contribution in [0.2, 0.25) is 19.6 Å². The van der Waals surface area contributed by atoms with Crippen molar-refractivity contribution in [1.29, 1.82) is 0 Å². The largest absolute Gasteiger partial charge is 0.457 e. The van der Waals surface area contributed by atoms with Crippen molar-refractivity contribution in [3.63, 3.8) is 0 Å². The number of benzene rings is 4. The average Bonchev–Trinajstić information content (AvgIpc) is 2.84. The standard InChI is InChI=1S/C18H22OSi.C15H14O/c1-18(2)13-9-6-7-11-15(13)19-17-14(18)10-8-12-16(17)20(3,4)5;1-15(2)11-7-3-5-9-13(11)16-14-10-6-4-8-12(14)15/h6-12H,1-5H3;3-10H,1-2H3. The van der Waals surface area contributed by atoms with Crippen molar-refractivity contribution in [2.75, 3.05) is 0 Å². The topological polar surface area (TPSA) is 18.5 Å². The number of rotatable bonds is 1. The number of para-hydroxylation sites is 4. The van der Waals surface area contributed by atoms with Crippen LogP contribution in [0.5, 0.6) is 23.0 Å². The summed E-state index contributed by atoms with van der Waals surface area (Å²) in [7, 11) is -1.42. The molecule has 0 atom stereocenters. The van der Waals surface area contributed by atoms with E-state index in [1.54, 1.807) is 0 Å². The number of fused-ring (bicyclic) bond motifs is 4. The Morgan fingerprint density at radius 2 is 0.861 bits per heavy atom. The van der Waals surface area contributed by atoms with Crippen molar-refractivity contribution in [3.8, 4) is 23.0 Å². The molecule has 0 bridgehead atoms. The van der Waals surface area contributed by atoms with E-state index >= 15 is 0 Å². The van der Waals surface area contributed by atoms with Gasteiger partial charge in [0.25, 0.3) is 0 Å². The molecule has 0 spiro atoms. The molecule has 2 heterocycles. The van der Waals surface area contributed by atoms with Gasteiger partial charge in [-0.3, -0.25) is 0 Å². The maximum atomic E-state index is 6.31. The zero-order chi connectivity index (χ0) is 25.7. The summed E-state index contributed by atoms with van der Waals surface area (Å²) in [5.41, 5.74) is 5.13. The smallest absolute Gasteiger partial charge is 0.131 e. The Hall–Kier alpha value is -3.30. The fourth-order valence-corrected chi connectivity index (χ4v) is 6.93. The second kappa shape index (κ2) is 8.67. The van der Waals surface area contributed by atoms with Crippen LogP contribution in [0.15, 0.2) is 91.0 Å². The zero-order valence-corrected chi connectivity index (χ0v) is 23.5. The molecule has 36 heavy (non-hydrogen) atoms. The van der Waals surface area contributed by atoms with Crippen molar-refractivity contribution < 1.29 is 9.47 Å². The van der Waals surface area contributed by atoms with Gasteiger partial charge in [-0.1, -0.05) is 120 Å². The Bertz CT molecular complexity index is 1380. The monoisotopic (exact) mass is 492 g/mol. The van der Waals surface area contributed by atoms with E-state index in [9.17, 15) is 0 Å². The summed E-state index contributed by atoms with van der Waals surface area (Å²) in [6.07, 6.45) is 0. The molecule has 0 aliphatic carbocycles. The molecule has 184 valence electrons. The highest BCUT2D eigenvalue weighted by molar-refractivity contribution is 6.89. The Kier molecular flexibility index (Phi) is 5.87. The molecule has 2 aliphatic rings. The highest BCUT2D eigenvalue weighted by Gasteiger charge is 2.37. The second-order valence-corrected chi connectivity index (χ2v) is 16.9. The van der Waals surface area contributed by atoms with E-state index in [1.165, 1.54) is 27.4 Å². The van der Waals surface area contributed by atoms with E-state index < -0.39 is 8.07 Å². The van der Waals surface area contributed by atoms with Crippen LogP contribution in [0.4, 0.5) is 0 Å². The lowest BCUT2D eigenvalue weighted by molar-refractivity contribution is 0.418. The molecule has 0 fully saturated rings. The molecule has 0 N–H and O–H groups in total. The Labute approximate surface area is 216 Å². The minimum absolute atomic E-state index is 0.000162. The van der Waals surface area contributed by atoms with Crippen LogP contribution in [-0.4, -0.2) is 8.07 Å². The third-order valence-corrected chi connectivity index (χ3v) is 9.62. The third kappa shape index (κ3) is 4.06. The molecular formula is C33H36O2Si. The summed E-state index contributed by atoms with van der Waals surface area (Å²) < 4.78 is 12.2. The van der Waals surface area contributed by atoms with Crippen LogP contribution >= 0.6 is 0 Å². The van der Waals surface area contributed by atoms with Gasteiger partial charge in [-0.2, -0.15) is 0 Å². The first-order valence-corrected chi connectivity index (χ1v) is 16.3. The van der Waals surface area contributed by atoms with Gasteiger partial charge in [-0.05, 0) is 23.4 Å². The fraction of sp³-hybridized carbons (Fsp3) is 0.273. The van der Waals surface area contributed by atoms with Gasteiger partial charge in [-0.25, -0.2) is 0 Å². The predicted octanol–water partition coefficient (Wildman–Crippen LogP) is 8.78. The molecule has 0 saturated carbocycles. The molecule has 0 unspecified atom stereocenters. The van der Waals surface area contributed by atoms with E-state index in [2.05, 4.69) is 114 Å². The van der Waals surface area contributed by atoms with Crippen LogP contribution in [0.25, 0.3) is 0 Å². The van der Waals surface area contributed by atoms with Crippen molar-refractivity contribution >= 4 is 13.3 Å². The van der Waals surface area contributed by atoms with Gasteiger partial charge < -0.3 is 9.47 Å². The Morgan fingerprint density at radius 1 is 0.472 bits per heavy atom. The lowest BCUT2D eigenvalue weighted by Crippen LogP contribution is -2.40. The van der Waals surface area contributed by atoms with Gasteiger partial charge in [0, 0.05) is 33.1 Å². The third-order valence-electron chi connectivity index (χ3n) is 7.61. The number of hydrogen-bond donors (Lipinski definition) is 0. The fourth-order valence-electron chi connectivity index (χ4n) is 5.46. The van der Waals surface area contributed by atoms with E-state index in [0.29, 0.717) is 0 Å². The highest BCUT2D eigenvalue weighted by Crippen LogP contribution is 2.48. The molecule has 0 radical (unpaired) electrons. The molecule has 6 rings (SSSR count). The van der Waals surface area contributed by atoms with Gasteiger partial charge in [-0.15, -0.1) is 0 Å². The van der Waals surface area contributed by atoms with Gasteiger partial charge in [0.1, 0.15) is 23.0 Å². The van der Waals surface area contributed by atoms with Crippen LogP contribution in [0.1, 0.15) is 49.9 Å². The molecule has 3 heteroatoms. The zero-order valence-electron chi connectivity index (χ0n) is 22.5. The molecule has 0 amide bonds. The Morgan fingerprint density at radius 3 is 1.33 bits per heavy atom. The van der Waals surface area contributed by atoms with Crippen molar-refractivity contribution in [3.05, 3.63) is 113 Å². The first-order valence-electron chi connectivity index (χ1n) is 12.8. The maximum absolute atomic E-state index is 6.31. The van der Waals surface area contributed by atoms with E-state index in [-0.39, 0.29) is 10.8 Å². The molecule has 4 aromatic carbocycles. The SMILES string of the molecule is CC1(C)c2ccccc2Oc2c1cccc2[Si](C)(C)C.CC1(C)c2ccccc2Oc2ccccc21. The summed E-state index contributed by atoms with van der Waals surface area (Å²) in [6.45, 7) is 16.2. The molecule has 2 nitrogen and oxygen atoms in total. The van der Waals surface area contributed by atoms with Crippen LogP contribution in [0.3, 0.4) is 0 Å². The summed E-state index contributed by atoms with van der Waals surface area (Å²) in [6, 6.07) is 31.6. The van der Waals surface area contributed by atoms with Crippen LogP contribution in [0, 0.1) is 0 Å². The van der Waals surface area contributed by atoms with Crippen LogP contribution < -0.4 is 14.7 Å². The van der Waals surface area contributed by atoms with Gasteiger partial charge in [0.15, 0.2) is 0 Å². The summed E-state index contributed by atoms with van der Waals surface area (Å²) >= 11 is 0. The van der Waals surface area contributed by atoms with Gasteiger partial charge in [0.2, 0.25) is 0 Å². The average molecular weight is 493 g/mol. The van der Waals surface area contributed by atoms with E-state index in [0.717, 1.165) is 23.0 Å². The van der Waals surface area contributed by atoms with Gasteiger partial charge >= 0.3 is 0 Å². The first-order chi connectivity index (χ1) is 17.0. The number of ether oxygens (including phenoxy) is 2. The van der Waals surface area contributed by atoms with E-state index in [1.807, 2.05) is 24.3 Å². The lowest BCUT2D eigenvalue weighted by Gasteiger charge is -2.37. The summed E-state index contributed by atoms with van der Waals surface area (Å²) in [4.78, 5) is 0. The molecule has 0 saturated heterocycles. The minimum Gasteiger partial charge on any atom is -0.457 e. The molecule has 4 aromatic rings. The minimum atomic E-state index is -1.42. The summed E-state index contributed by atoms with van der Waals surface area (Å²) in [5, 5.41) is 1.41. The normalized spacial score (nSPS) is 16.0. The first kappa shape index (κ1) is 24.4. The molecule has 2 aliphatic heterocycles. The van der Waals surface area contributed by atoms with Crippen LogP contribution in [-0.2, 0) is 10.8 Å². The van der Waals surface area contributed by atoms with Crippen molar-refractivity contribution in [2.24, 2.45) is 0 Å². The summed E-state index contributed by atoms with van der Waals surface area (Å²) in [5.74, 6) is 4.07. The molecular weight excluding hydrogens is 456 g/mol. The van der Waals surface area contributed by atoms with Crippen molar-refractivity contribution in [1.82, 2.24) is 0 Å². The lowest BCUT2D eigenvalue weighted by atomic mass is 9.76. The number of hydrogen-bond acceptors (Lipinski definition) is 2. The Balaban J connectivity index is 0.000000152. The second-order valence-electron chi connectivity index (χ2n) is 11.9. The predicted molar refractivity (Wildman–Crippen MR) is 153 cm³/mol. The quantitative estimate of drug-likeness (QED) is 0.247. The highest BCUT2D eigenvalue weighted by atomic mass is 28.3. The van der Waals surface area contributed by atoms with Crippen molar-refractivity contribution in [2.45, 2.75) is 58.2 Å².